The van der Waals surface area contributed by atoms with E-state index in [1.807, 2.05) is 109 Å². The molecule has 33 heteroatoms. The Hall–Kier alpha value is -2.17. The Labute approximate surface area is 748 Å². The number of carboxylic acids is 1. The smallest absolute Gasteiger partial charge is 0 e. The minimum absolute atomic E-state index is 0. The number of benzene rings is 6. The first-order chi connectivity index (χ1) is 47.9. The van der Waals surface area contributed by atoms with Crippen LogP contribution in [-0.4, -0.2) is 177 Å². The maximum Gasteiger partial charge on any atom is 4.00 e. The number of para-hydroxylation sites is 4. The van der Waals surface area contributed by atoms with Crippen molar-refractivity contribution in [3.63, 3.8) is 0 Å². The summed E-state index contributed by atoms with van der Waals surface area (Å²) in [4.78, 5) is 22.0. The van der Waals surface area contributed by atoms with Gasteiger partial charge in [0.15, 0.2) is 0 Å². The van der Waals surface area contributed by atoms with Gasteiger partial charge in [0, 0.05) is 176 Å². The van der Waals surface area contributed by atoms with Gasteiger partial charge in [-0.2, -0.15) is 41.5 Å². The third-order valence-corrected chi connectivity index (χ3v) is 8.09. The van der Waals surface area contributed by atoms with Crippen LogP contribution in [0.25, 0.3) is 21.8 Å². The molecule has 6 aromatic carbocycles. The van der Waals surface area contributed by atoms with Crippen LogP contribution in [-0.2, 0) is 120 Å². The molecule has 0 amide bonds. The summed E-state index contributed by atoms with van der Waals surface area (Å²) in [5, 5.41) is 112. The van der Waals surface area contributed by atoms with Crippen LogP contribution in [0, 0.1) is 49.0 Å². The average Bonchev–Trinajstić information content (AvgIpc) is 0.786. The Morgan fingerprint density at radius 2 is 0.514 bits per heavy atom. The van der Waals surface area contributed by atoms with Crippen LogP contribution in [0.4, 0.5) is 34.1 Å². The van der Waals surface area contributed by atoms with Gasteiger partial charge in [0.1, 0.15) is 22.5 Å². The number of anilines is 6. The number of halogens is 5. The Morgan fingerprint density at radius 1 is 0.367 bits per heavy atom. The van der Waals surface area contributed by atoms with Crippen LogP contribution < -0.4 is 9.80 Å². The SMILES string of the molecule is CC(=O)O.CCO.CCO.CCO.CCO.CCO.CCO.CCO.CCO.CO.O.O.O.OCCO.Oc1ccc(N(c2ccccc2)c2ccccc2)c2cccnc12.Oc1ccc(N(c2ccccc2)c2ccccc2)c2cccnc12.[CH2-]C.[CH2-]C.[CH2-]C.[CH2-]C.[CH2-]C.[CH2-]C.[CH3-].[Cl][Mo]([Cl])([Cl])([Cl])[Cl].[Mo+2].[Mo+4].[Mo].[Mo].[Mo]. The normalized spacial score (nSPS) is 7.96. The van der Waals surface area contributed by atoms with Crippen molar-refractivity contribution in [2.75, 3.05) is 83.0 Å². The van der Waals surface area contributed by atoms with Crippen LogP contribution in [0.15, 0.2) is 182 Å². The van der Waals surface area contributed by atoms with Gasteiger partial charge >= 0.3 is 98.8 Å². The van der Waals surface area contributed by atoms with Gasteiger partial charge in [-0.25, -0.2) is 0 Å². The fraction of sp³-hybridized carbons (Fsp3) is 0.342. The summed E-state index contributed by atoms with van der Waals surface area (Å²) in [6.07, 6.45) is 3.39. The molecule has 0 spiro atoms. The number of aromatic hydroxyl groups is 2. The van der Waals surface area contributed by atoms with Crippen molar-refractivity contribution in [2.45, 2.75) is 104 Å². The standard InChI is InChI=1S/2C21H16N2O.C2H4O2.C2H6O2.8C2H6O.6C2H5.CH4O.CH3.5ClH.6Mo.3H2O/c2*24-20-14-13-19(18-12-7-15-22-21(18)20)23(16-8-3-1-4-9-16)17-10-5-2-6-11-17;1-2(3)4;3-1-2-4;8*1-2-3;7*1-2;;;;;;;;;;;;;;;/h2*1-15,24H;1H3,(H,3,4);3-4H,1-2H2;8*3H,2H2,1H3;6*1H2,2H3;2H,1H3;1H3;5*1H;;;;;;;3*1H2/q;;;;;;;;;;;;6*-1;;-1;;;;;;;;;+2;+4;+5;;;/p-5. The number of phenolic OH excluding ortho intramolecular Hbond substituents is 2. The Morgan fingerprint density at radius 3 is 0.651 bits per heavy atom. The van der Waals surface area contributed by atoms with Crippen LogP contribution in [0.3, 0.4) is 0 Å². The maximum atomic E-state index is 10.1. The summed E-state index contributed by atoms with van der Waals surface area (Å²) in [5.41, 5.74) is 7.39. The molecule has 8 rings (SSSR count). The van der Waals surface area contributed by atoms with Gasteiger partial charge in [-0.05, 0) is 152 Å². The van der Waals surface area contributed by atoms with E-state index in [2.05, 4.69) is 110 Å². The molecule has 0 radical (unpaired) electrons. The minimum atomic E-state index is -4.26. The zero-order valence-corrected chi connectivity index (χ0v) is 82.3. The molecule has 0 aliphatic carbocycles. The Balaban J connectivity index is -0.0000000443. The number of pyridine rings is 2. The fourth-order valence-corrected chi connectivity index (χ4v) is 5.84. The van der Waals surface area contributed by atoms with E-state index in [-0.39, 0.29) is 207 Å². The van der Waals surface area contributed by atoms with E-state index in [0.717, 1.165) is 58.9 Å². The van der Waals surface area contributed by atoms with Gasteiger partial charge in [0.2, 0.25) is 0 Å². The molecule has 109 heavy (non-hydrogen) atoms. The summed E-state index contributed by atoms with van der Waals surface area (Å²) in [6.45, 7) is 46.3. The molecule has 0 saturated heterocycles. The van der Waals surface area contributed by atoms with Gasteiger partial charge in [-0.15, -0.1) is 0 Å². The molecule has 0 bridgehead atoms. The molecule has 0 fully saturated rings. The van der Waals surface area contributed by atoms with Crippen LogP contribution in [0.5, 0.6) is 11.5 Å². The predicted molar refractivity (Wildman–Crippen MR) is 447 cm³/mol. The summed E-state index contributed by atoms with van der Waals surface area (Å²) < 4.78 is 0. The zero-order chi connectivity index (χ0) is 80.8. The van der Waals surface area contributed by atoms with Crippen molar-refractivity contribution >= 4 is 109 Å². The zero-order valence-electron chi connectivity index (χ0n) is 66.4. The van der Waals surface area contributed by atoms with Crippen LogP contribution >= 0.6 is 47.1 Å². The molecular formula is C76H133Cl5Mo6N4O18-. The van der Waals surface area contributed by atoms with Crippen molar-refractivity contribution in [1.29, 1.82) is 0 Å². The third-order valence-electron chi connectivity index (χ3n) is 8.09. The van der Waals surface area contributed by atoms with Gasteiger partial charge in [-0.1, -0.05) is 72.8 Å². The van der Waals surface area contributed by atoms with Crippen LogP contribution in [0.2, 0.25) is 0 Å². The molecule has 8 aromatic rings. The van der Waals surface area contributed by atoms with Crippen molar-refractivity contribution < 1.29 is 208 Å². The van der Waals surface area contributed by atoms with E-state index in [1.54, 1.807) is 121 Å². The molecule has 20 N–H and O–H groups in total. The number of hydrogen-bond acceptors (Lipinski definition) is 18. The number of aliphatic hydroxyl groups excluding tert-OH is 11. The molecule has 637 valence electrons. The van der Waals surface area contributed by atoms with E-state index in [1.165, 1.54) is 0 Å². The molecular weight excluding hydrogens is 2010 g/mol. The molecule has 0 atom stereocenters. The first-order valence-corrected chi connectivity index (χ1v) is 44.3. The number of nitrogens with zero attached hydrogens (tertiary/aromatic N) is 4. The summed E-state index contributed by atoms with van der Waals surface area (Å²) in [6, 6.07) is 55.7. The number of fused-ring (bicyclic) bond motifs is 2. The molecule has 0 aliphatic rings. The predicted octanol–water partition coefficient (Wildman–Crippen LogP) is 15.9. The molecule has 0 unspecified atom stereocenters. The van der Waals surface area contributed by atoms with Crippen molar-refractivity contribution in [2.24, 2.45) is 0 Å². The minimum Gasteiger partial charge on any atom is 0 e. The second kappa shape index (κ2) is 129. The largest absolute Gasteiger partial charge is 4.00 e. The van der Waals surface area contributed by atoms with Crippen molar-refractivity contribution in [3.05, 3.63) is 231 Å². The van der Waals surface area contributed by atoms with E-state index < -0.39 is 15.6 Å². The molecule has 0 saturated carbocycles. The summed E-state index contributed by atoms with van der Waals surface area (Å²) in [7, 11) is 21.9. The summed E-state index contributed by atoms with van der Waals surface area (Å²) >= 11 is 0. The maximum absolute atomic E-state index is 10.1. The number of hydrogen-bond donors (Lipinski definition) is 14. The van der Waals surface area contributed by atoms with Gasteiger partial charge in [-0.3, -0.25) is 14.8 Å². The quantitative estimate of drug-likeness (QED) is 0.0520. The monoisotopic (exact) mass is 2150 g/mol. The van der Waals surface area contributed by atoms with Gasteiger partial charge in [0.05, 0.1) is 24.6 Å². The van der Waals surface area contributed by atoms with Gasteiger partial charge in [0.25, 0.3) is 5.97 Å². The topological polar surface area (TPSA) is 427 Å². The Kier molecular flexibility index (Phi) is 193. The number of carboxylic acid groups (broad SMARTS) is 1. The van der Waals surface area contributed by atoms with E-state index >= 15 is 0 Å². The van der Waals surface area contributed by atoms with E-state index in [9.17, 15) is 10.2 Å². The van der Waals surface area contributed by atoms with Crippen molar-refractivity contribution in [3.8, 4) is 11.5 Å². The number of rotatable bonds is 7. The number of phenols is 2. The fourth-order valence-electron chi connectivity index (χ4n) is 5.84. The molecule has 22 nitrogen and oxygen atoms in total. The summed E-state index contributed by atoms with van der Waals surface area (Å²) in [5.74, 6) is -0.453. The first kappa shape index (κ1) is 162. The molecule has 2 heterocycles. The number of carbonyl (C=O) groups is 1. The Bertz CT molecular complexity index is 2540. The average molecular weight is 2140 g/mol. The van der Waals surface area contributed by atoms with Crippen LogP contribution in [0.1, 0.15) is 104 Å². The number of aromatic nitrogens is 2. The first-order valence-electron chi connectivity index (χ1n) is 31.3. The third kappa shape index (κ3) is 108. The van der Waals surface area contributed by atoms with Crippen molar-refractivity contribution in [1.82, 2.24) is 9.97 Å². The molecule has 0 aliphatic heterocycles. The second-order valence-corrected chi connectivity index (χ2v) is 45.6. The molecule has 2 aromatic heterocycles. The number of aliphatic hydroxyl groups is 11. The van der Waals surface area contributed by atoms with E-state index in [4.69, 9.17) is 113 Å². The van der Waals surface area contributed by atoms with E-state index in [0.29, 0.717) is 11.0 Å². The van der Waals surface area contributed by atoms with Gasteiger partial charge < -0.3 is 147 Å². The second-order valence-electron chi connectivity index (χ2n) is 15.1. The number of aliphatic carboxylic acids is 1.